The van der Waals surface area contributed by atoms with E-state index in [1.165, 1.54) is 23.2 Å². The summed E-state index contributed by atoms with van der Waals surface area (Å²) in [5, 5.41) is 10.1. The van der Waals surface area contributed by atoms with Crippen LogP contribution in [0.1, 0.15) is 84.5 Å². The van der Waals surface area contributed by atoms with E-state index in [0.29, 0.717) is 13.2 Å². The predicted molar refractivity (Wildman–Crippen MR) is 194 cm³/mol. The second-order valence-corrected chi connectivity index (χ2v) is 13.5. The third kappa shape index (κ3) is 7.87. The first-order chi connectivity index (χ1) is 23.4. The molecule has 1 N–H and O–H groups in total. The van der Waals surface area contributed by atoms with E-state index >= 15 is 0 Å². The van der Waals surface area contributed by atoms with Crippen LogP contribution in [0.4, 0.5) is 5.69 Å². The minimum absolute atomic E-state index is 0.0243. The highest BCUT2D eigenvalue weighted by atomic mass is 16.5. The van der Waals surface area contributed by atoms with Crippen LogP contribution in [0, 0.1) is 5.92 Å². The lowest BCUT2D eigenvalue weighted by atomic mass is 9.76. The van der Waals surface area contributed by atoms with Crippen molar-refractivity contribution >= 4 is 11.5 Å². The Morgan fingerprint density at radius 2 is 1.65 bits per heavy atom. The number of unbranched alkanes of at least 4 members (excludes halogenated alkanes) is 2. The molecule has 0 aromatic heterocycles. The minimum Gasteiger partial charge on any atom is -0.508 e. The lowest BCUT2D eigenvalue weighted by Gasteiger charge is -2.36. The van der Waals surface area contributed by atoms with Crippen LogP contribution in [0.3, 0.4) is 0 Å². The van der Waals surface area contributed by atoms with Crippen molar-refractivity contribution in [2.75, 3.05) is 50.8 Å². The molecule has 0 spiro atoms. The fourth-order valence-electron chi connectivity index (χ4n) is 7.22. The number of phenols is 1. The zero-order valence-corrected chi connectivity index (χ0v) is 28.7. The predicted octanol–water partition coefficient (Wildman–Crippen LogP) is 8.47. The van der Waals surface area contributed by atoms with E-state index in [-0.39, 0.29) is 29.3 Å². The van der Waals surface area contributed by atoms with E-state index in [2.05, 4.69) is 77.4 Å². The van der Waals surface area contributed by atoms with Gasteiger partial charge in [0.05, 0.1) is 13.2 Å². The van der Waals surface area contributed by atoms with Crippen LogP contribution in [0.5, 0.6) is 17.2 Å². The molecule has 4 aromatic carbocycles. The molecule has 0 amide bonds. The summed E-state index contributed by atoms with van der Waals surface area (Å²) in [6, 6.07) is 31.0. The van der Waals surface area contributed by atoms with Gasteiger partial charge in [0.15, 0.2) is 5.78 Å². The van der Waals surface area contributed by atoms with Crippen molar-refractivity contribution in [3.05, 3.63) is 119 Å². The molecule has 2 aliphatic rings. The van der Waals surface area contributed by atoms with Gasteiger partial charge in [-0.05, 0) is 85.3 Å². The maximum Gasteiger partial charge on any atom is 0.165 e. The number of piperazine rings is 1. The van der Waals surface area contributed by atoms with E-state index < -0.39 is 0 Å². The molecule has 1 fully saturated rings. The Balaban J connectivity index is 0.947. The molecule has 0 radical (unpaired) electrons. The average molecular weight is 647 g/mol. The summed E-state index contributed by atoms with van der Waals surface area (Å²) in [5.74, 6) is 2.45. The summed E-state index contributed by atoms with van der Waals surface area (Å²) < 4.78 is 12.3. The van der Waals surface area contributed by atoms with Crippen LogP contribution in [0.2, 0.25) is 0 Å². The van der Waals surface area contributed by atoms with Gasteiger partial charge < -0.3 is 19.5 Å². The maximum atomic E-state index is 12.6. The van der Waals surface area contributed by atoms with E-state index in [4.69, 9.17) is 9.47 Å². The minimum atomic E-state index is 0.0243. The molecule has 2 unspecified atom stereocenters. The van der Waals surface area contributed by atoms with Crippen LogP contribution in [0.15, 0.2) is 91.0 Å². The zero-order valence-electron chi connectivity index (χ0n) is 28.7. The third-order valence-corrected chi connectivity index (χ3v) is 10.0. The highest BCUT2D eigenvalue weighted by molar-refractivity contribution is 5.99. The number of ether oxygens (including phenoxy) is 2. The van der Waals surface area contributed by atoms with Crippen LogP contribution in [-0.2, 0) is 6.42 Å². The Labute approximate surface area is 286 Å². The summed E-state index contributed by atoms with van der Waals surface area (Å²) in [4.78, 5) is 17.7. The molecule has 0 bridgehead atoms. The number of aryl methyl sites for hydroxylation is 1. The second kappa shape index (κ2) is 15.7. The van der Waals surface area contributed by atoms with Gasteiger partial charge in [-0.3, -0.25) is 9.69 Å². The summed E-state index contributed by atoms with van der Waals surface area (Å²) >= 11 is 0. The number of nitrogens with zero attached hydrogens (tertiary/aromatic N) is 2. The van der Waals surface area contributed by atoms with E-state index in [0.717, 1.165) is 80.2 Å². The summed E-state index contributed by atoms with van der Waals surface area (Å²) in [6.07, 6.45) is 4.24. The SMILES string of the molecule is CCc1cc(N2CCN(CCCCCOc3ccc(C4c5ccc(O)cc5OCC4c4ccccc4)cc3)CC2)ccc1C(=O)C(C)C. The quantitative estimate of drug-likeness (QED) is 0.116. The normalized spacial score (nSPS) is 18.0. The number of hydrogen-bond donors (Lipinski definition) is 1. The summed E-state index contributed by atoms with van der Waals surface area (Å²) in [5.41, 5.74) is 6.86. The molecule has 252 valence electrons. The molecular weight excluding hydrogens is 596 g/mol. The third-order valence-electron chi connectivity index (χ3n) is 10.0. The first-order valence-electron chi connectivity index (χ1n) is 17.8. The van der Waals surface area contributed by atoms with Gasteiger partial charge in [0.2, 0.25) is 0 Å². The Bertz CT molecular complexity index is 1640. The Hall–Kier alpha value is -4.29. The highest BCUT2D eigenvalue weighted by Crippen LogP contribution is 2.47. The van der Waals surface area contributed by atoms with Crippen LogP contribution >= 0.6 is 0 Å². The first-order valence-corrected chi connectivity index (χ1v) is 17.8. The van der Waals surface area contributed by atoms with Crippen molar-refractivity contribution < 1.29 is 19.4 Å². The molecule has 6 heteroatoms. The van der Waals surface area contributed by atoms with E-state index in [1.807, 2.05) is 32.0 Å². The topological polar surface area (TPSA) is 62.2 Å². The Morgan fingerprint density at radius 1 is 0.875 bits per heavy atom. The fraction of sp³-hybridized carbons (Fsp3) is 0.405. The molecule has 6 rings (SSSR count). The molecule has 2 heterocycles. The van der Waals surface area contributed by atoms with Crippen molar-refractivity contribution in [1.29, 1.82) is 0 Å². The van der Waals surface area contributed by atoms with Gasteiger partial charge in [-0.2, -0.15) is 0 Å². The molecule has 48 heavy (non-hydrogen) atoms. The Kier molecular flexibility index (Phi) is 11.0. The highest BCUT2D eigenvalue weighted by Gasteiger charge is 2.33. The van der Waals surface area contributed by atoms with Crippen molar-refractivity contribution in [2.24, 2.45) is 5.92 Å². The number of phenolic OH excluding ortho intramolecular Hbond substituents is 1. The number of carbonyl (C=O) groups excluding carboxylic acids is 1. The zero-order chi connectivity index (χ0) is 33.5. The summed E-state index contributed by atoms with van der Waals surface area (Å²) in [7, 11) is 0. The molecule has 1 saturated heterocycles. The van der Waals surface area contributed by atoms with Crippen molar-refractivity contribution in [3.8, 4) is 17.2 Å². The largest absolute Gasteiger partial charge is 0.508 e. The maximum absolute atomic E-state index is 12.6. The average Bonchev–Trinajstić information content (AvgIpc) is 3.12. The molecule has 0 aliphatic carbocycles. The van der Waals surface area contributed by atoms with Gasteiger partial charge in [0, 0.05) is 66.8 Å². The number of ketones is 1. The fourth-order valence-corrected chi connectivity index (χ4v) is 7.22. The van der Waals surface area contributed by atoms with Crippen molar-refractivity contribution in [1.82, 2.24) is 4.90 Å². The van der Waals surface area contributed by atoms with Gasteiger partial charge in [-0.25, -0.2) is 0 Å². The number of rotatable bonds is 13. The lowest BCUT2D eigenvalue weighted by molar-refractivity contribution is 0.0938. The van der Waals surface area contributed by atoms with Gasteiger partial charge in [-0.1, -0.05) is 69.3 Å². The summed E-state index contributed by atoms with van der Waals surface area (Å²) in [6.45, 7) is 12.7. The number of carbonyl (C=O) groups is 1. The number of hydrogen-bond acceptors (Lipinski definition) is 6. The molecule has 2 aliphatic heterocycles. The number of fused-ring (bicyclic) bond motifs is 1. The number of benzene rings is 4. The van der Waals surface area contributed by atoms with Crippen molar-refractivity contribution in [3.63, 3.8) is 0 Å². The molecule has 4 aromatic rings. The molecule has 2 atom stereocenters. The lowest BCUT2D eigenvalue weighted by Crippen LogP contribution is -2.46. The van der Waals surface area contributed by atoms with Gasteiger partial charge in [-0.15, -0.1) is 0 Å². The van der Waals surface area contributed by atoms with Crippen LogP contribution in [0.25, 0.3) is 0 Å². The van der Waals surface area contributed by atoms with E-state index in [1.54, 1.807) is 12.1 Å². The molecule has 0 saturated carbocycles. The molecule has 6 nitrogen and oxygen atoms in total. The Morgan fingerprint density at radius 3 is 2.38 bits per heavy atom. The van der Waals surface area contributed by atoms with Gasteiger partial charge in [0.25, 0.3) is 0 Å². The van der Waals surface area contributed by atoms with Crippen LogP contribution < -0.4 is 14.4 Å². The smallest absolute Gasteiger partial charge is 0.165 e. The van der Waals surface area contributed by atoms with Gasteiger partial charge in [0.1, 0.15) is 17.2 Å². The first kappa shape index (κ1) is 33.6. The molecular formula is C42H50N2O4. The standard InChI is InChI=1S/C42H50N2O4/c1-4-31-27-34(15-19-37(31)42(46)30(2)3)44-24-22-43(23-25-44)21-9-6-10-26-47-36-17-13-33(14-18-36)41-38-20-16-35(45)28-40(38)48-29-39(41)32-11-7-5-8-12-32/h5,7-8,11-20,27-28,30,39,41,45H,4,6,9-10,21-26,29H2,1-3H3. The second-order valence-electron chi connectivity index (χ2n) is 13.5. The van der Waals surface area contributed by atoms with Crippen LogP contribution in [-0.4, -0.2) is 61.7 Å². The van der Waals surface area contributed by atoms with Crippen molar-refractivity contribution in [2.45, 2.75) is 58.3 Å². The number of Topliss-reactive ketones (excluding diaryl/α,β-unsaturated/α-hetero) is 1. The number of anilines is 1. The van der Waals surface area contributed by atoms with Gasteiger partial charge >= 0.3 is 0 Å². The van der Waals surface area contributed by atoms with E-state index in [9.17, 15) is 9.90 Å². The monoisotopic (exact) mass is 646 g/mol. The number of aromatic hydroxyl groups is 1.